The Bertz CT molecular complexity index is 567. The topological polar surface area (TPSA) is 56.1 Å². The number of carbonyl (C=O) groups excluding carboxylic acids is 1. The van der Waals surface area contributed by atoms with Crippen molar-refractivity contribution in [3.63, 3.8) is 0 Å². The molecule has 112 valence electrons. The molecule has 0 radical (unpaired) electrons. The molecule has 1 saturated heterocycles. The van der Waals surface area contributed by atoms with E-state index in [2.05, 4.69) is 12.2 Å². The van der Waals surface area contributed by atoms with Crippen molar-refractivity contribution in [1.82, 2.24) is 10.2 Å². The first-order valence-corrected chi connectivity index (χ1v) is 7.24. The van der Waals surface area contributed by atoms with E-state index in [9.17, 15) is 9.18 Å². The molecule has 1 aliphatic heterocycles. The molecule has 1 aliphatic rings. The maximum absolute atomic E-state index is 13.9. The van der Waals surface area contributed by atoms with E-state index in [0.29, 0.717) is 30.1 Å². The number of amides is 1. The fraction of sp³-hybridized carbons (Fsp3) is 0.500. The summed E-state index contributed by atoms with van der Waals surface area (Å²) in [6, 6.07) is 6.29. The number of rotatable bonds is 4. The van der Waals surface area contributed by atoms with Crippen LogP contribution in [0, 0.1) is 29.0 Å². The number of carbonyl (C=O) groups is 1. The van der Waals surface area contributed by atoms with Gasteiger partial charge in [-0.2, -0.15) is 5.26 Å². The van der Waals surface area contributed by atoms with Crippen LogP contribution in [0.2, 0.25) is 0 Å². The lowest BCUT2D eigenvalue weighted by atomic mass is 9.96. The monoisotopic (exact) mass is 289 g/mol. The molecule has 1 N–H and O–H groups in total. The Balaban J connectivity index is 2.12. The highest BCUT2D eigenvalue weighted by Crippen LogP contribution is 2.20. The van der Waals surface area contributed by atoms with E-state index < -0.39 is 5.82 Å². The second kappa shape index (κ2) is 6.68. The van der Waals surface area contributed by atoms with Gasteiger partial charge < -0.3 is 10.2 Å². The molecule has 1 amide bonds. The Hall–Kier alpha value is -1.93. The molecule has 21 heavy (non-hydrogen) atoms. The molecule has 1 fully saturated rings. The molecule has 0 bridgehead atoms. The standard InChI is InChI=1S/C16H20FN3O/c1-3-20(16(21)14-9-19-8-11(14)2)10-13-5-4-12(7-18)6-15(13)17/h4-6,11,14,19H,3,8-10H2,1-2H3/t11-,14-/m1/s1. The van der Waals surface area contributed by atoms with Crippen molar-refractivity contribution in [2.24, 2.45) is 11.8 Å². The summed E-state index contributed by atoms with van der Waals surface area (Å²) in [5, 5.41) is 12.0. The van der Waals surface area contributed by atoms with Crippen LogP contribution in [0.25, 0.3) is 0 Å². The molecular formula is C16H20FN3O. The summed E-state index contributed by atoms with van der Waals surface area (Å²) in [7, 11) is 0. The second-order valence-electron chi connectivity index (χ2n) is 5.51. The maximum Gasteiger partial charge on any atom is 0.227 e. The molecule has 0 saturated carbocycles. The predicted molar refractivity (Wildman–Crippen MR) is 77.7 cm³/mol. The highest BCUT2D eigenvalue weighted by molar-refractivity contribution is 5.79. The van der Waals surface area contributed by atoms with Gasteiger partial charge in [0.1, 0.15) is 5.82 Å². The van der Waals surface area contributed by atoms with Gasteiger partial charge in [0.2, 0.25) is 5.91 Å². The van der Waals surface area contributed by atoms with E-state index in [-0.39, 0.29) is 18.4 Å². The zero-order valence-electron chi connectivity index (χ0n) is 12.4. The van der Waals surface area contributed by atoms with Crippen LogP contribution in [0.4, 0.5) is 4.39 Å². The first-order valence-electron chi connectivity index (χ1n) is 7.24. The molecule has 0 spiro atoms. The fourth-order valence-corrected chi connectivity index (χ4v) is 2.67. The summed E-state index contributed by atoms with van der Waals surface area (Å²) in [6.07, 6.45) is 0. The summed E-state index contributed by atoms with van der Waals surface area (Å²) in [4.78, 5) is 14.2. The number of benzene rings is 1. The van der Waals surface area contributed by atoms with Crippen molar-refractivity contribution < 1.29 is 9.18 Å². The Labute approximate surface area is 124 Å². The summed E-state index contributed by atoms with van der Waals surface area (Å²) < 4.78 is 13.9. The molecule has 4 nitrogen and oxygen atoms in total. The van der Waals surface area contributed by atoms with Gasteiger partial charge in [-0.3, -0.25) is 4.79 Å². The van der Waals surface area contributed by atoms with Crippen LogP contribution in [0.3, 0.4) is 0 Å². The van der Waals surface area contributed by atoms with Gasteiger partial charge in [-0.05, 0) is 31.5 Å². The highest BCUT2D eigenvalue weighted by atomic mass is 19.1. The third-order valence-corrected chi connectivity index (χ3v) is 4.07. The van der Waals surface area contributed by atoms with E-state index in [1.165, 1.54) is 6.07 Å². The molecular weight excluding hydrogens is 269 g/mol. The van der Waals surface area contributed by atoms with Crippen LogP contribution < -0.4 is 5.32 Å². The quantitative estimate of drug-likeness (QED) is 0.921. The number of nitrogens with one attached hydrogen (secondary N) is 1. The Morgan fingerprint density at radius 3 is 2.81 bits per heavy atom. The van der Waals surface area contributed by atoms with Gasteiger partial charge in [0.25, 0.3) is 0 Å². The SMILES string of the molecule is CCN(Cc1ccc(C#N)cc1F)C(=O)[C@@H]1CNC[C@H]1C. The van der Waals surface area contributed by atoms with Gasteiger partial charge >= 0.3 is 0 Å². The fourth-order valence-electron chi connectivity index (χ4n) is 2.67. The first kappa shape index (κ1) is 15.5. The summed E-state index contributed by atoms with van der Waals surface area (Å²) >= 11 is 0. The van der Waals surface area contributed by atoms with Crippen molar-refractivity contribution in [3.8, 4) is 6.07 Å². The number of hydrogen-bond donors (Lipinski definition) is 1. The number of nitriles is 1. The maximum atomic E-state index is 13.9. The predicted octanol–water partition coefficient (Wildman–Crippen LogP) is 1.90. The average molecular weight is 289 g/mol. The van der Waals surface area contributed by atoms with Crippen molar-refractivity contribution in [2.75, 3.05) is 19.6 Å². The third-order valence-electron chi connectivity index (χ3n) is 4.07. The molecule has 2 atom stereocenters. The van der Waals surface area contributed by atoms with Crippen molar-refractivity contribution in [1.29, 1.82) is 5.26 Å². The van der Waals surface area contributed by atoms with Crippen LogP contribution in [0.15, 0.2) is 18.2 Å². The normalized spacial score (nSPS) is 21.0. The Morgan fingerprint density at radius 1 is 1.52 bits per heavy atom. The molecule has 0 unspecified atom stereocenters. The zero-order valence-corrected chi connectivity index (χ0v) is 12.4. The van der Waals surface area contributed by atoms with Crippen LogP contribution in [0.1, 0.15) is 25.0 Å². The van der Waals surface area contributed by atoms with Crippen LogP contribution in [-0.4, -0.2) is 30.4 Å². The third kappa shape index (κ3) is 3.40. The first-order chi connectivity index (χ1) is 10.1. The summed E-state index contributed by atoms with van der Waals surface area (Å²) in [5.74, 6) is -0.0968. The van der Waals surface area contributed by atoms with E-state index in [4.69, 9.17) is 5.26 Å². The van der Waals surface area contributed by atoms with E-state index in [0.717, 1.165) is 6.54 Å². The van der Waals surface area contributed by atoms with Gasteiger partial charge in [-0.15, -0.1) is 0 Å². The van der Waals surface area contributed by atoms with Gasteiger partial charge in [0, 0.05) is 25.2 Å². The summed E-state index contributed by atoms with van der Waals surface area (Å²) in [5.41, 5.74) is 0.738. The van der Waals surface area contributed by atoms with Gasteiger partial charge in [0.05, 0.1) is 17.6 Å². The average Bonchev–Trinajstić information content (AvgIpc) is 2.91. The molecule has 2 rings (SSSR count). The largest absolute Gasteiger partial charge is 0.338 e. The minimum absolute atomic E-state index is 0.0357. The van der Waals surface area contributed by atoms with Crippen LogP contribution in [0.5, 0.6) is 0 Å². The van der Waals surface area contributed by atoms with Crippen molar-refractivity contribution >= 4 is 5.91 Å². The number of hydrogen-bond acceptors (Lipinski definition) is 3. The van der Waals surface area contributed by atoms with Crippen molar-refractivity contribution in [2.45, 2.75) is 20.4 Å². The molecule has 1 heterocycles. The second-order valence-corrected chi connectivity index (χ2v) is 5.51. The molecule has 1 aromatic rings. The zero-order chi connectivity index (χ0) is 15.4. The van der Waals surface area contributed by atoms with Crippen molar-refractivity contribution in [3.05, 3.63) is 35.1 Å². The summed E-state index contributed by atoms with van der Waals surface area (Å²) in [6.45, 7) is 6.27. The van der Waals surface area contributed by atoms with E-state index in [1.54, 1.807) is 17.0 Å². The van der Waals surface area contributed by atoms with Gasteiger partial charge in [-0.25, -0.2) is 4.39 Å². The molecule has 1 aromatic carbocycles. The minimum atomic E-state index is -0.433. The number of nitrogens with zero attached hydrogens (tertiary/aromatic N) is 2. The molecule has 0 aromatic heterocycles. The van der Waals surface area contributed by atoms with Crippen LogP contribution in [-0.2, 0) is 11.3 Å². The lowest BCUT2D eigenvalue weighted by Crippen LogP contribution is -2.38. The minimum Gasteiger partial charge on any atom is -0.338 e. The lowest BCUT2D eigenvalue weighted by Gasteiger charge is -2.26. The van der Waals surface area contributed by atoms with Gasteiger partial charge in [0.15, 0.2) is 0 Å². The Kier molecular flexibility index (Phi) is 4.92. The smallest absolute Gasteiger partial charge is 0.227 e. The molecule has 0 aliphatic carbocycles. The number of halogens is 1. The molecule has 5 heteroatoms. The lowest BCUT2D eigenvalue weighted by molar-refractivity contribution is -0.136. The van der Waals surface area contributed by atoms with E-state index in [1.807, 2.05) is 13.0 Å². The Morgan fingerprint density at radius 2 is 2.29 bits per heavy atom. The van der Waals surface area contributed by atoms with Gasteiger partial charge in [-0.1, -0.05) is 13.0 Å². The van der Waals surface area contributed by atoms with E-state index >= 15 is 0 Å². The van der Waals surface area contributed by atoms with Crippen LogP contribution >= 0.6 is 0 Å². The highest BCUT2D eigenvalue weighted by Gasteiger charge is 2.32.